The van der Waals surface area contributed by atoms with Gasteiger partial charge in [-0.25, -0.2) is 0 Å². The van der Waals surface area contributed by atoms with Crippen molar-refractivity contribution >= 4 is 46.8 Å². The molecule has 0 aliphatic heterocycles. The van der Waals surface area contributed by atoms with Crippen molar-refractivity contribution in [2.75, 3.05) is 0 Å². The van der Waals surface area contributed by atoms with Gasteiger partial charge in [-0.05, 0) is 0 Å². The second kappa shape index (κ2) is 367. The van der Waals surface area contributed by atoms with Crippen molar-refractivity contribution in [2.45, 2.75) is 0 Å². The minimum atomic E-state index is 0. The number of rotatable bonds is 0. The first kappa shape index (κ1) is 209. The van der Waals surface area contributed by atoms with E-state index in [0.717, 1.165) is 0 Å². The number of halogens is 2. The summed E-state index contributed by atoms with van der Waals surface area (Å²) in [5.74, 6) is 0. The first-order valence-corrected chi connectivity index (χ1v) is 0.926. The topological polar surface area (TPSA) is 261 Å². The van der Waals surface area contributed by atoms with E-state index < -0.39 is 0 Å². The van der Waals surface area contributed by atoms with Crippen molar-refractivity contribution in [3.05, 3.63) is 0 Å². The second-order valence-electron chi connectivity index (χ2n) is 0.0583. The Morgan fingerprint density at radius 1 is 0.583 bits per heavy atom. The third-order valence-corrected chi connectivity index (χ3v) is 0. The molecule has 0 radical (unpaired) electrons. The van der Waals surface area contributed by atoms with Gasteiger partial charge in [0.05, 0.1) is 23.7 Å². The van der Waals surface area contributed by atoms with E-state index in [1.807, 2.05) is 0 Å². The van der Waals surface area contributed by atoms with Gasteiger partial charge in [-0.2, -0.15) is 3.84 Å². The normalized spacial score (nSPS) is 1.50. The Kier molecular flexibility index (Phi) is 6390. The van der Waals surface area contributed by atoms with Crippen molar-refractivity contribution in [1.82, 2.24) is 0 Å². The maximum Gasteiger partial charge on any atom is 2.00 e. The van der Waals surface area contributed by atoms with E-state index in [1.165, 1.54) is 0 Å². The van der Waals surface area contributed by atoms with Crippen LogP contribution in [0.5, 0.6) is 0 Å². The van der Waals surface area contributed by atoms with Crippen LogP contribution in [0.2, 0.25) is 0 Å². The van der Waals surface area contributed by atoms with Gasteiger partial charge >= 0.3 is 23.1 Å². The van der Waals surface area contributed by atoms with Gasteiger partial charge in [0, 0.05) is 0 Å². The minimum Gasteiger partial charge on any atom is -1.00 e. The Morgan fingerprint density at radius 2 is 0.583 bits per heavy atom. The number of hydrogen-bond donors (Lipinski definition) is 0. The van der Waals surface area contributed by atoms with E-state index in [1.54, 1.807) is 0 Å². The summed E-state index contributed by atoms with van der Waals surface area (Å²) in [4.78, 5) is 0. The van der Waals surface area contributed by atoms with Gasteiger partial charge in [-0.3, -0.25) is 0 Å². The second-order valence-corrected chi connectivity index (χ2v) is 0.525. The van der Waals surface area contributed by atoms with E-state index in [9.17, 15) is 0 Å². The summed E-state index contributed by atoms with van der Waals surface area (Å²) in [7, 11) is 0. The van der Waals surface area contributed by atoms with Gasteiger partial charge in [0.2, 0.25) is 0 Å². The minimum absolute atomic E-state index is 0. The van der Waals surface area contributed by atoms with Crippen LogP contribution in [-0.2, 0) is 3.84 Å². The quantitative estimate of drug-likeness (QED) is 0.377. The summed E-state index contributed by atoms with van der Waals surface area (Å²) in [5, 5.41) is 0. The Hall–Kier alpha value is 0.986. The van der Waals surface area contributed by atoms with Crippen LogP contribution in [0.4, 0.5) is 0 Å². The van der Waals surface area contributed by atoms with Crippen LogP contribution in [0, 0.1) is 0 Å². The SMILES string of the molecule is ClOCl.O.O.O.O.O.O.O.O.[H-].[H-].[Mg+2]. The Balaban J connectivity index is -0.000000000364. The van der Waals surface area contributed by atoms with E-state index in [4.69, 9.17) is 0 Å². The zero-order valence-corrected chi connectivity index (χ0v) is 8.80. The van der Waals surface area contributed by atoms with Crippen molar-refractivity contribution in [1.29, 1.82) is 0 Å². The predicted octanol–water partition coefficient (Wildman–Crippen LogP) is -5.44. The van der Waals surface area contributed by atoms with Crippen LogP contribution in [0.15, 0.2) is 0 Å². The van der Waals surface area contributed by atoms with Gasteiger partial charge in [0.1, 0.15) is 0 Å². The van der Waals surface area contributed by atoms with E-state index in [-0.39, 0.29) is 69.7 Å². The van der Waals surface area contributed by atoms with Crippen molar-refractivity contribution < 1.29 is 50.5 Å². The summed E-state index contributed by atoms with van der Waals surface area (Å²) in [5.41, 5.74) is 0. The zero-order chi connectivity index (χ0) is 2.71. The maximum atomic E-state index is 4.26. The molecule has 0 aromatic rings. The van der Waals surface area contributed by atoms with Crippen molar-refractivity contribution in [2.24, 2.45) is 0 Å². The summed E-state index contributed by atoms with van der Waals surface area (Å²) < 4.78 is 3.19. The molecule has 0 heterocycles. The molecule has 12 heavy (non-hydrogen) atoms. The standard InChI is InChI=1S/Cl2O.Mg.8H2O.2H/c1-3-2;;;;;;;;;;;/h;;8*1H2;;/q;+2;;;;;;;;;2*-1. The van der Waals surface area contributed by atoms with Gasteiger partial charge in [-0.1, -0.05) is 0 Å². The molecule has 0 rings (SSSR count). The largest absolute Gasteiger partial charge is 2.00 e. The van der Waals surface area contributed by atoms with Crippen LogP contribution in [0.25, 0.3) is 0 Å². The zero-order valence-electron chi connectivity index (χ0n) is 7.87. The predicted molar refractivity (Wildman–Crippen MR) is 49.7 cm³/mol. The molecule has 0 aliphatic carbocycles. The Morgan fingerprint density at radius 3 is 0.583 bits per heavy atom. The average Bonchev–Trinajstić information content (AvgIpc) is 0.918. The molecule has 0 amide bonds. The molecule has 0 spiro atoms. The molecular weight excluding hydrogens is 239 g/mol. The Labute approximate surface area is 97.5 Å². The first-order chi connectivity index (χ1) is 1.41. The monoisotopic (exact) mass is 256 g/mol. The van der Waals surface area contributed by atoms with E-state index in [2.05, 4.69) is 27.6 Å². The fourth-order valence-electron chi connectivity index (χ4n) is 0. The van der Waals surface area contributed by atoms with Crippen LogP contribution >= 0.6 is 23.7 Å². The van der Waals surface area contributed by atoms with Crippen molar-refractivity contribution in [3.63, 3.8) is 0 Å². The van der Waals surface area contributed by atoms with Crippen LogP contribution in [0.3, 0.4) is 0 Å². The summed E-state index contributed by atoms with van der Waals surface area (Å²) in [6, 6.07) is 0. The van der Waals surface area contributed by atoms with Gasteiger partial charge in [0.15, 0.2) is 0 Å². The fraction of sp³-hybridized carbons (Fsp3) is 0. The number of hydrogen-bond acceptors (Lipinski definition) is 1. The fourth-order valence-corrected chi connectivity index (χ4v) is 0. The molecule has 88 valence electrons. The molecule has 9 nitrogen and oxygen atoms in total. The third kappa shape index (κ3) is 1130. The molecule has 0 aliphatic rings. The van der Waals surface area contributed by atoms with Gasteiger partial charge in [0.25, 0.3) is 0 Å². The molecular formula is H18Cl2MgO9. The molecule has 0 bridgehead atoms. The summed E-state index contributed by atoms with van der Waals surface area (Å²) in [6.45, 7) is 0. The molecule has 0 atom stereocenters. The van der Waals surface area contributed by atoms with E-state index in [0.29, 0.717) is 0 Å². The maximum absolute atomic E-state index is 4.26. The van der Waals surface area contributed by atoms with E-state index >= 15 is 0 Å². The molecule has 12 heteroatoms. The van der Waals surface area contributed by atoms with Crippen molar-refractivity contribution in [3.8, 4) is 0 Å². The molecule has 0 saturated carbocycles. The molecule has 0 saturated heterocycles. The molecule has 16 N–H and O–H groups in total. The molecule has 0 aromatic carbocycles. The third-order valence-electron chi connectivity index (χ3n) is 0. The van der Waals surface area contributed by atoms with Crippen LogP contribution in [0.1, 0.15) is 2.85 Å². The molecule has 0 unspecified atom stereocenters. The van der Waals surface area contributed by atoms with Crippen LogP contribution < -0.4 is 0 Å². The van der Waals surface area contributed by atoms with Crippen LogP contribution in [-0.4, -0.2) is 66.9 Å². The summed E-state index contributed by atoms with van der Waals surface area (Å²) >= 11 is 8.53. The smallest absolute Gasteiger partial charge is 1.00 e. The summed E-state index contributed by atoms with van der Waals surface area (Å²) in [6.07, 6.45) is 0. The average molecular weight is 257 g/mol. The van der Waals surface area contributed by atoms with Gasteiger partial charge in [-0.15, -0.1) is 0 Å². The Bertz CT molecular complexity index is 20.8. The first-order valence-electron chi connectivity index (χ1n) is 0.309. The van der Waals surface area contributed by atoms with Gasteiger partial charge < -0.3 is 46.7 Å². The molecule has 0 fully saturated rings. The molecule has 0 aromatic heterocycles.